The smallest absolute Gasteiger partial charge is 0.253 e. The van der Waals surface area contributed by atoms with Crippen molar-refractivity contribution in [1.82, 2.24) is 9.88 Å². The third-order valence-corrected chi connectivity index (χ3v) is 4.99. The number of ether oxygens (including phenoxy) is 2. The maximum Gasteiger partial charge on any atom is 0.253 e. The van der Waals surface area contributed by atoms with Gasteiger partial charge in [0.05, 0.1) is 18.7 Å². The summed E-state index contributed by atoms with van der Waals surface area (Å²) in [7, 11) is 0. The van der Waals surface area contributed by atoms with Crippen LogP contribution >= 0.6 is 12.2 Å². The number of nitrogens with zero attached hydrogens (tertiary/aromatic N) is 1. The molecular weight excluding hydrogens is 390 g/mol. The molecule has 0 fully saturated rings. The predicted octanol–water partition coefficient (Wildman–Crippen LogP) is 2.49. The highest BCUT2D eigenvalue weighted by Gasteiger charge is 2.16. The number of rotatable bonds is 5. The van der Waals surface area contributed by atoms with E-state index in [2.05, 4.69) is 10.3 Å². The molecule has 0 radical (unpaired) electrons. The van der Waals surface area contributed by atoms with Crippen LogP contribution in [0, 0.1) is 0 Å². The van der Waals surface area contributed by atoms with Gasteiger partial charge < -0.3 is 29.8 Å². The van der Waals surface area contributed by atoms with E-state index in [0.717, 1.165) is 11.1 Å². The van der Waals surface area contributed by atoms with Crippen molar-refractivity contribution in [1.29, 1.82) is 0 Å². The molecule has 0 atom stereocenters. The maximum absolute atomic E-state index is 12.6. The lowest BCUT2D eigenvalue weighted by Crippen LogP contribution is -2.37. The fourth-order valence-electron chi connectivity index (χ4n) is 3.21. The first-order valence-electron chi connectivity index (χ1n) is 9.31. The zero-order valence-corrected chi connectivity index (χ0v) is 16.5. The monoisotopic (exact) mass is 411 g/mol. The number of aromatic amines is 1. The van der Waals surface area contributed by atoms with Crippen LogP contribution in [-0.4, -0.2) is 46.5 Å². The number of H-pyrrole nitrogens is 1. The third kappa shape index (κ3) is 4.33. The number of aliphatic hydroxyl groups is 1. The number of thiocarbonyl (C=S) groups is 1. The van der Waals surface area contributed by atoms with Gasteiger partial charge in [-0.15, -0.1) is 0 Å². The number of benzene rings is 2. The van der Waals surface area contributed by atoms with Crippen molar-refractivity contribution in [3.05, 3.63) is 64.4 Å². The summed E-state index contributed by atoms with van der Waals surface area (Å²) in [5, 5.41) is 13.9. The van der Waals surface area contributed by atoms with Crippen molar-refractivity contribution in [3.63, 3.8) is 0 Å². The normalized spacial score (nSPS) is 12.6. The van der Waals surface area contributed by atoms with Crippen LogP contribution in [0.1, 0.15) is 5.56 Å². The lowest BCUT2D eigenvalue weighted by Gasteiger charge is -2.25. The van der Waals surface area contributed by atoms with E-state index in [9.17, 15) is 9.90 Å². The summed E-state index contributed by atoms with van der Waals surface area (Å²) in [6.45, 7) is 1.47. The Labute approximate surface area is 172 Å². The second kappa shape index (κ2) is 8.50. The molecule has 7 nitrogen and oxygen atoms in total. The van der Waals surface area contributed by atoms with Gasteiger partial charge in [0, 0.05) is 29.2 Å². The molecule has 29 heavy (non-hydrogen) atoms. The van der Waals surface area contributed by atoms with Crippen LogP contribution < -0.4 is 20.3 Å². The molecule has 0 amide bonds. The molecule has 8 heteroatoms. The van der Waals surface area contributed by atoms with Crippen molar-refractivity contribution in [2.24, 2.45) is 0 Å². The molecule has 0 bridgehead atoms. The van der Waals surface area contributed by atoms with Crippen molar-refractivity contribution >= 4 is 33.9 Å². The molecule has 2 aromatic carbocycles. The molecule has 1 aromatic heterocycles. The lowest BCUT2D eigenvalue weighted by atomic mass is 10.1. The number of aromatic nitrogens is 1. The Morgan fingerprint density at radius 1 is 1.14 bits per heavy atom. The Hall–Kier alpha value is -3.10. The molecule has 0 aliphatic carbocycles. The number of anilines is 1. The van der Waals surface area contributed by atoms with Crippen molar-refractivity contribution in [2.75, 3.05) is 31.7 Å². The van der Waals surface area contributed by atoms with Crippen LogP contribution in [0.5, 0.6) is 11.5 Å². The molecule has 4 rings (SSSR count). The highest BCUT2D eigenvalue weighted by Crippen LogP contribution is 2.33. The van der Waals surface area contributed by atoms with Gasteiger partial charge in [0.25, 0.3) is 5.56 Å². The molecule has 1 aliphatic heterocycles. The van der Waals surface area contributed by atoms with Crippen LogP contribution in [0.3, 0.4) is 0 Å². The van der Waals surface area contributed by atoms with E-state index in [-0.39, 0.29) is 18.7 Å². The highest BCUT2D eigenvalue weighted by atomic mass is 32.1. The zero-order chi connectivity index (χ0) is 20.2. The van der Waals surface area contributed by atoms with Crippen LogP contribution in [-0.2, 0) is 6.54 Å². The van der Waals surface area contributed by atoms with E-state index in [0.29, 0.717) is 47.5 Å². The molecular formula is C21H21N3O4S. The van der Waals surface area contributed by atoms with Crippen molar-refractivity contribution in [3.8, 4) is 11.5 Å². The van der Waals surface area contributed by atoms with Gasteiger partial charge >= 0.3 is 0 Å². The van der Waals surface area contributed by atoms with Gasteiger partial charge in [-0.1, -0.05) is 18.2 Å². The van der Waals surface area contributed by atoms with E-state index in [1.807, 2.05) is 42.5 Å². The third-order valence-electron chi connectivity index (χ3n) is 4.63. The summed E-state index contributed by atoms with van der Waals surface area (Å²) in [6.07, 6.45) is 0. The van der Waals surface area contributed by atoms with E-state index < -0.39 is 0 Å². The van der Waals surface area contributed by atoms with Gasteiger partial charge in [-0.3, -0.25) is 4.79 Å². The highest BCUT2D eigenvalue weighted by molar-refractivity contribution is 7.80. The summed E-state index contributed by atoms with van der Waals surface area (Å²) < 4.78 is 11.2. The van der Waals surface area contributed by atoms with Gasteiger partial charge in [0.1, 0.15) is 13.2 Å². The average molecular weight is 411 g/mol. The Morgan fingerprint density at radius 3 is 2.59 bits per heavy atom. The van der Waals surface area contributed by atoms with Crippen LogP contribution in [0.2, 0.25) is 0 Å². The second-order valence-corrected chi connectivity index (χ2v) is 7.03. The number of hydrogen-bond donors (Lipinski definition) is 3. The van der Waals surface area contributed by atoms with Gasteiger partial charge in [0.15, 0.2) is 16.6 Å². The molecule has 0 spiro atoms. The minimum absolute atomic E-state index is 0.0826. The molecule has 0 saturated carbocycles. The average Bonchev–Trinajstić information content (AvgIpc) is 2.73. The molecule has 3 aromatic rings. The maximum atomic E-state index is 12.6. The SMILES string of the molecule is O=c1[nH]c2cc3c(cc2cc1CN(CCO)C(=S)Nc1ccccc1)OCCO3. The second-order valence-electron chi connectivity index (χ2n) is 6.65. The predicted molar refractivity (Wildman–Crippen MR) is 116 cm³/mol. The quantitative estimate of drug-likeness (QED) is 0.556. The standard InChI is InChI=1S/C21H21N3O4S/c25-7-6-24(21(29)22-16-4-2-1-3-5-16)13-15-10-14-11-18-19(28-9-8-27-18)12-17(14)23-20(15)26/h1-5,10-12,25H,6-9,13H2,(H,22,29)(H,23,26). The van der Waals surface area contributed by atoms with Crippen molar-refractivity contribution in [2.45, 2.75) is 6.54 Å². The van der Waals surface area contributed by atoms with E-state index in [4.69, 9.17) is 21.7 Å². The number of para-hydroxylation sites is 1. The summed E-state index contributed by atoms with van der Waals surface area (Å²) in [6, 6.07) is 15.0. The molecule has 150 valence electrons. The van der Waals surface area contributed by atoms with Gasteiger partial charge in [-0.05, 0) is 36.5 Å². The zero-order valence-electron chi connectivity index (χ0n) is 15.7. The molecule has 2 heterocycles. The molecule has 0 saturated heterocycles. The minimum Gasteiger partial charge on any atom is -0.486 e. The molecule has 3 N–H and O–H groups in total. The first-order valence-corrected chi connectivity index (χ1v) is 9.72. The Morgan fingerprint density at radius 2 is 1.86 bits per heavy atom. The van der Waals surface area contributed by atoms with E-state index in [1.165, 1.54) is 0 Å². The van der Waals surface area contributed by atoms with E-state index in [1.54, 1.807) is 11.0 Å². The first kappa shape index (κ1) is 19.2. The summed E-state index contributed by atoms with van der Waals surface area (Å²) in [5.41, 5.74) is 1.86. The van der Waals surface area contributed by atoms with Gasteiger partial charge in [0.2, 0.25) is 0 Å². The lowest BCUT2D eigenvalue weighted by molar-refractivity contribution is 0.172. The van der Waals surface area contributed by atoms with Crippen LogP contribution in [0.4, 0.5) is 5.69 Å². The fraction of sp³-hybridized carbons (Fsp3) is 0.238. The Bertz CT molecular complexity index is 1080. The van der Waals surface area contributed by atoms with Crippen LogP contribution in [0.15, 0.2) is 53.3 Å². The first-order chi connectivity index (χ1) is 14.1. The number of pyridine rings is 1. The molecule has 0 unspecified atom stereocenters. The summed E-state index contributed by atoms with van der Waals surface area (Å²) >= 11 is 5.50. The largest absolute Gasteiger partial charge is 0.486 e. The summed E-state index contributed by atoms with van der Waals surface area (Å²) in [4.78, 5) is 17.3. The summed E-state index contributed by atoms with van der Waals surface area (Å²) in [5.74, 6) is 1.29. The molecule has 1 aliphatic rings. The van der Waals surface area contributed by atoms with Gasteiger partial charge in [-0.2, -0.15) is 0 Å². The Balaban J connectivity index is 1.60. The topological polar surface area (TPSA) is 86.8 Å². The minimum atomic E-state index is -0.209. The number of aliphatic hydroxyl groups excluding tert-OH is 1. The van der Waals surface area contributed by atoms with Crippen LogP contribution in [0.25, 0.3) is 10.9 Å². The van der Waals surface area contributed by atoms with Gasteiger partial charge in [-0.25, -0.2) is 0 Å². The Kier molecular flexibility index (Phi) is 5.64. The van der Waals surface area contributed by atoms with Crippen molar-refractivity contribution < 1.29 is 14.6 Å². The fourth-order valence-corrected chi connectivity index (χ4v) is 3.48. The number of fused-ring (bicyclic) bond motifs is 2. The van der Waals surface area contributed by atoms with E-state index >= 15 is 0 Å². The number of hydrogen-bond acceptors (Lipinski definition) is 5. The number of nitrogens with one attached hydrogen (secondary N) is 2.